The number of hydrogen-bond donors (Lipinski definition) is 2. The van der Waals surface area contributed by atoms with E-state index in [1.54, 1.807) is 17.0 Å². The molecule has 2 aliphatic rings. The molecule has 2 saturated heterocycles. The molecule has 27 heavy (non-hydrogen) atoms. The molecule has 1 amide bonds. The summed E-state index contributed by atoms with van der Waals surface area (Å²) in [7, 11) is -3.56. The summed E-state index contributed by atoms with van der Waals surface area (Å²) in [4.78, 5) is 14.7. The third-order valence-corrected chi connectivity index (χ3v) is 7.20. The maximum absolute atomic E-state index is 12.7. The van der Waals surface area contributed by atoms with Gasteiger partial charge in [-0.1, -0.05) is 25.4 Å². The fraction of sp³-hybridized carbons (Fsp3) is 0.611. The Morgan fingerprint density at radius 2 is 1.78 bits per heavy atom. The van der Waals surface area contributed by atoms with Gasteiger partial charge < -0.3 is 4.90 Å². The fourth-order valence-electron chi connectivity index (χ4n) is 3.63. The monoisotopic (exact) mass is 414 g/mol. The second-order valence-electron chi connectivity index (χ2n) is 7.59. The summed E-state index contributed by atoms with van der Waals surface area (Å²) in [5.41, 5.74) is 6.30. The van der Waals surface area contributed by atoms with Gasteiger partial charge in [0, 0.05) is 37.2 Å². The van der Waals surface area contributed by atoms with Gasteiger partial charge in [0.05, 0.1) is 4.90 Å². The number of benzene rings is 1. The first-order valence-corrected chi connectivity index (χ1v) is 11.1. The molecule has 2 N–H and O–H groups in total. The normalized spacial score (nSPS) is 24.5. The van der Waals surface area contributed by atoms with Gasteiger partial charge in [-0.05, 0) is 43.0 Å². The minimum absolute atomic E-state index is 0.0392. The Morgan fingerprint density at radius 3 is 2.37 bits per heavy atom. The lowest BCUT2D eigenvalue weighted by molar-refractivity contribution is -0.134. The van der Waals surface area contributed by atoms with E-state index >= 15 is 0 Å². The van der Waals surface area contributed by atoms with Gasteiger partial charge in [0.15, 0.2) is 0 Å². The number of rotatable bonds is 5. The minimum Gasteiger partial charge on any atom is -0.339 e. The Balaban J connectivity index is 1.56. The van der Waals surface area contributed by atoms with E-state index in [9.17, 15) is 13.2 Å². The van der Waals surface area contributed by atoms with Crippen LogP contribution < -0.4 is 10.9 Å². The maximum Gasteiger partial charge on any atom is 0.243 e. The van der Waals surface area contributed by atoms with E-state index in [1.165, 1.54) is 16.4 Å². The molecule has 7 nitrogen and oxygen atoms in total. The highest BCUT2D eigenvalue weighted by Gasteiger charge is 2.35. The molecule has 3 rings (SSSR count). The van der Waals surface area contributed by atoms with Gasteiger partial charge in [-0.2, -0.15) is 4.31 Å². The molecule has 0 radical (unpaired) electrons. The molecule has 0 saturated carbocycles. The SMILES string of the molecule is CC(C)CC1CC(C(=O)N2CCN(S(=O)(=O)c3ccc(Cl)cc3)CC2)NN1. The number of sulfonamides is 1. The number of halogens is 1. The van der Waals surface area contributed by atoms with Crippen LogP contribution >= 0.6 is 11.6 Å². The van der Waals surface area contributed by atoms with Crippen molar-refractivity contribution in [2.75, 3.05) is 26.2 Å². The standard InChI is InChI=1S/C18H27ClN4O3S/c1-13(2)11-15-12-17(21-20-15)18(24)22-7-9-23(10-8-22)27(25,26)16-5-3-14(19)4-6-16/h3-6,13,15,17,20-21H,7-12H2,1-2H3. The summed E-state index contributed by atoms with van der Waals surface area (Å²) in [6.07, 6.45) is 1.78. The molecule has 0 bridgehead atoms. The zero-order chi connectivity index (χ0) is 19.6. The molecule has 0 spiro atoms. The summed E-state index contributed by atoms with van der Waals surface area (Å²) in [6.45, 7) is 5.73. The Hall–Kier alpha value is -1.19. The van der Waals surface area contributed by atoms with Crippen molar-refractivity contribution in [1.29, 1.82) is 0 Å². The van der Waals surface area contributed by atoms with E-state index in [4.69, 9.17) is 11.6 Å². The van der Waals surface area contributed by atoms with E-state index in [0.717, 1.165) is 12.8 Å². The van der Waals surface area contributed by atoms with Crippen molar-refractivity contribution >= 4 is 27.5 Å². The van der Waals surface area contributed by atoms with E-state index in [2.05, 4.69) is 24.7 Å². The average Bonchev–Trinajstić information content (AvgIpc) is 3.09. The van der Waals surface area contributed by atoms with Crippen LogP contribution in [0, 0.1) is 5.92 Å². The highest BCUT2D eigenvalue weighted by Crippen LogP contribution is 2.21. The van der Waals surface area contributed by atoms with Crippen molar-refractivity contribution in [3.8, 4) is 0 Å². The zero-order valence-electron chi connectivity index (χ0n) is 15.7. The molecular weight excluding hydrogens is 388 g/mol. The molecule has 150 valence electrons. The lowest BCUT2D eigenvalue weighted by Gasteiger charge is -2.35. The van der Waals surface area contributed by atoms with Crippen LogP contribution in [0.25, 0.3) is 0 Å². The molecule has 2 unspecified atom stereocenters. The molecule has 1 aromatic carbocycles. The Kier molecular flexibility index (Phi) is 6.43. The van der Waals surface area contributed by atoms with Crippen molar-refractivity contribution < 1.29 is 13.2 Å². The molecule has 2 aliphatic heterocycles. The number of nitrogens with one attached hydrogen (secondary N) is 2. The van der Waals surface area contributed by atoms with Crippen molar-refractivity contribution in [3.05, 3.63) is 29.3 Å². The average molecular weight is 415 g/mol. The summed E-state index contributed by atoms with van der Waals surface area (Å²) < 4.78 is 26.9. The number of piperazine rings is 1. The molecule has 0 aromatic heterocycles. The smallest absolute Gasteiger partial charge is 0.243 e. The van der Waals surface area contributed by atoms with Gasteiger partial charge in [0.25, 0.3) is 0 Å². The molecule has 2 atom stereocenters. The largest absolute Gasteiger partial charge is 0.339 e. The van der Waals surface area contributed by atoms with Crippen LogP contribution in [0.2, 0.25) is 5.02 Å². The van der Waals surface area contributed by atoms with Gasteiger partial charge in [0.1, 0.15) is 6.04 Å². The first kappa shape index (κ1) is 20.5. The van der Waals surface area contributed by atoms with Crippen molar-refractivity contribution in [2.45, 2.75) is 43.7 Å². The van der Waals surface area contributed by atoms with Crippen LogP contribution in [0.4, 0.5) is 0 Å². The van der Waals surface area contributed by atoms with E-state index in [1.807, 2.05) is 0 Å². The highest BCUT2D eigenvalue weighted by molar-refractivity contribution is 7.89. The minimum atomic E-state index is -3.56. The van der Waals surface area contributed by atoms with Crippen LogP contribution in [0.3, 0.4) is 0 Å². The van der Waals surface area contributed by atoms with E-state index in [0.29, 0.717) is 43.2 Å². The lowest BCUT2D eigenvalue weighted by Crippen LogP contribution is -2.54. The first-order valence-electron chi connectivity index (χ1n) is 9.33. The molecule has 2 fully saturated rings. The zero-order valence-corrected chi connectivity index (χ0v) is 17.3. The fourth-order valence-corrected chi connectivity index (χ4v) is 5.18. The molecule has 2 heterocycles. The van der Waals surface area contributed by atoms with Crippen LogP contribution in [0.5, 0.6) is 0 Å². The van der Waals surface area contributed by atoms with Crippen LogP contribution in [-0.4, -0.2) is 61.8 Å². The summed E-state index contributed by atoms with van der Waals surface area (Å²) in [6, 6.07) is 6.22. The molecular formula is C18H27ClN4O3S. The Labute approximate surface area is 166 Å². The number of nitrogens with zero attached hydrogens (tertiary/aromatic N) is 2. The summed E-state index contributed by atoms with van der Waals surface area (Å²) >= 11 is 5.84. The number of hydrazine groups is 1. The van der Waals surface area contributed by atoms with Gasteiger partial charge >= 0.3 is 0 Å². The van der Waals surface area contributed by atoms with Crippen LogP contribution in [0.1, 0.15) is 26.7 Å². The Bertz CT molecular complexity index is 761. The van der Waals surface area contributed by atoms with E-state index < -0.39 is 10.0 Å². The maximum atomic E-state index is 12.7. The van der Waals surface area contributed by atoms with Gasteiger partial charge in [0.2, 0.25) is 15.9 Å². The van der Waals surface area contributed by atoms with Crippen molar-refractivity contribution in [3.63, 3.8) is 0 Å². The number of carbonyl (C=O) groups is 1. The van der Waals surface area contributed by atoms with Crippen molar-refractivity contribution in [1.82, 2.24) is 20.1 Å². The van der Waals surface area contributed by atoms with Crippen LogP contribution in [0.15, 0.2) is 29.2 Å². The van der Waals surface area contributed by atoms with Crippen molar-refractivity contribution in [2.24, 2.45) is 5.92 Å². The van der Waals surface area contributed by atoms with Gasteiger partial charge in [-0.3, -0.25) is 10.2 Å². The third-order valence-electron chi connectivity index (χ3n) is 5.04. The summed E-state index contributed by atoms with van der Waals surface area (Å²) in [5.74, 6) is 0.608. The highest BCUT2D eigenvalue weighted by atomic mass is 35.5. The molecule has 9 heteroatoms. The number of hydrogen-bond acceptors (Lipinski definition) is 5. The first-order chi connectivity index (χ1) is 12.8. The predicted molar refractivity (Wildman–Crippen MR) is 105 cm³/mol. The van der Waals surface area contributed by atoms with Crippen LogP contribution in [-0.2, 0) is 14.8 Å². The van der Waals surface area contributed by atoms with E-state index in [-0.39, 0.29) is 16.8 Å². The lowest BCUT2D eigenvalue weighted by atomic mass is 9.99. The number of carbonyl (C=O) groups excluding carboxylic acids is 1. The second-order valence-corrected chi connectivity index (χ2v) is 9.96. The van der Waals surface area contributed by atoms with Gasteiger partial charge in [-0.15, -0.1) is 0 Å². The predicted octanol–water partition coefficient (Wildman–Crippen LogP) is 1.45. The third kappa shape index (κ3) is 4.81. The summed E-state index contributed by atoms with van der Waals surface area (Å²) in [5, 5.41) is 0.498. The quantitative estimate of drug-likeness (QED) is 0.762. The van der Waals surface area contributed by atoms with Gasteiger partial charge in [-0.25, -0.2) is 13.8 Å². The molecule has 0 aliphatic carbocycles. The Morgan fingerprint density at radius 1 is 1.15 bits per heavy atom. The topological polar surface area (TPSA) is 81.8 Å². The number of amides is 1. The molecule has 1 aromatic rings. The second kappa shape index (κ2) is 8.45.